The van der Waals surface area contributed by atoms with Gasteiger partial charge in [-0.05, 0) is 31.7 Å². The van der Waals surface area contributed by atoms with Gasteiger partial charge in [-0.3, -0.25) is 9.78 Å². The smallest absolute Gasteiger partial charge is 0.254 e. The van der Waals surface area contributed by atoms with Crippen molar-refractivity contribution in [3.63, 3.8) is 0 Å². The molecule has 5 rings (SSSR count). The number of aliphatic hydroxyl groups is 1. The Bertz CT molecular complexity index is 1160. The van der Waals surface area contributed by atoms with Crippen LogP contribution < -0.4 is 20.3 Å². The quantitative estimate of drug-likeness (QED) is 0.426. The fourth-order valence-electron chi connectivity index (χ4n) is 4.60. The number of ether oxygens (including phenoxy) is 2. The molecule has 1 saturated carbocycles. The molecule has 190 valence electrons. The van der Waals surface area contributed by atoms with Gasteiger partial charge in [0.15, 0.2) is 0 Å². The van der Waals surface area contributed by atoms with Crippen LogP contribution in [0.4, 0.5) is 11.6 Å². The van der Waals surface area contributed by atoms with Crippen LogP contribution in [0.2, 0.25) is 0 Å². The summed E-state index contributed by atoms with van der Waals surface area (Å²) in [5.41, 5.74) is 3.06. The Balaban J connectivity index is 1.19. The van der Waals surface area contributed by atoms with Crippen molar-refractivity contribution in [2.75, 3.05) is 49.7 Å². The molecular weight excluding hydrogens is 462 g/mol. The molecule has 0 atom stereocenters. The van der Waals surface area contributed by atoms with Crippen LogP contribution in [-0.2, 0) is 4.74 Å². The third-order valence-corrected chi connectivity index (χ3v) is 6.51. The number of aromatic nitrogens is 4. The molecule has 1 aliphatic carbocycles. The van der Waals surface area contributed by atoms with E-state index in [-0.39, 0.29) is 31.2 Å². The summed E-state index contributed by atoms with van der Waals surface area (Å²) < 4.78 is 12.0. The monoisotopic (exact) mass is 493 g/mol. The second kappa shape index (κ2) is 11.4. The predicted molar refractivity (Wildman–Crippen MR) is 134 cm³/mol. The fraction of sp³-hybridized carbons (Fsp3) is 0.480. The molecule has 3 aromatic rings. The summed E-state index contributed by atoms with van der Waals surface area (Å²) in [5, 5.41) is 14.8. The molecule has 0 bridgehead atoms. The van der Waals surface area contributed by atoms with Gasteiger partial charge in [-0.15, -0.1) is 0 Å². The highest BCUT2D eigenvalue weighted by Crippen LogP contribution is 2.33. The molecule has 3 heterocycles. The molecule has 2 fully saturated rings. The van der Waals surface area contributed by atoms with Gasteiger partial charge in [0, 0.05) is 62.2 Å². The van der Waals surface area contributed by atoms with Gasteiger partial charge in [0.1, 0.15) is 11.3 Å². The molecule has 0 spiro atoms. The highest BCUT2D eigenvalue weighted by molar-refractivity contribution is 5.93. The average Bonchev–Trinajstić information content (AvgIpc) is 2.93. The minimum Gasteiger partial charge on any atom is -0.488 e. The predicted octanol–water partition coefficient (Wildman–Crippen LogP) is 1.78. The molecule has 2 aliphatic rings. The van der Waals surface area contributed by atoms with Crippen LogP contribution in [-0.4, -0.2) is 82.6 Å². The number of hydrogen-bond donors (Lipinski definition) is 3. The third kappa shape index (κ3) is 5.80. The van der Waals surface area contributed by atoms with Crippen molar-refractivity contribution in [2.24, 2.45) is 0 Å². The maximum absolute atomic E-state index is 11.9. The fourth-order valence-corrected chi connectivity index (χ4v) is 4.60. The first-order valence-electron chi connectivity index (χ1n) is 12.4. The topological polar surface area (TPSA) is 135 Å². The summed E-state index contributed by atoms with van der Waals surface area (Å²) in [6, 6.07) is 4.39. The second-order valence-electron chi connectivity index (χ2n) is 8.98. The van der Waals surface area contributed by atoms with Crippen LogP contribution in [0, 0.1) is 0 Å². The highest BCUT2D eigenvalue weighted by atomic mass is 16.5. The van der Waals surface area contributed by atoms with Gasteiger partial charge in [-0.2, -0.15) is 0 Å². The van der Waals surface area contributed by atoms with Gasteiger partial charge in [0.25, 0.3) is 5.91 Å². The number of rotatable bonds is 8. The van der Waals surface area contributed by atoms with Crippen LogP contribution >= 0.6 is 0 Å². The number of carbonyl (C=O) groups excluding carboxylic acids is 1. The molecule has 1 aliphatic heterocycles. The van der Waals surface area contributed by atoms with E-state index in [0.717, 1.165) is 74.5 Å². The first kappa shape index (κ1) is 24.1. The highest BCUT2D eigenvalue weighted by Gasteiger charge is 2.25. The lowest BCUT2D eigenvalue weighted by atomic mass is 9.93. The summed E-state index contributed by atoms with van der Waals surface area (Å²) >= 11 is 0. The Kier molecular flexibility index (Phi) is 7.67. The number of nitrogens with zero attached hydrogens (tertiary/aromatic N) is 5. The van der Waals surface area contributed by atoms with Crippen molar-refractivity contribution in [3.8, 4) is 5.75 Å². The maximum atomic E-state index is 11.9. The molecule has 36 heavy (non-hydrogen) atoms. The normalized spacial score (nSPS) is 20.2. The number of benzene rings is 1. The SMILES string of the molecule is O=C(NCCO)c1cnc(N[C@H]2CC[C@@H](Oc3cc(N4CCOCC4)cc4nccnc34)CC2)nc1. The summed E-state index contributed by atoms with van der Waals surface area (Å²) in [6.07, 6.45) is 10.1. The lowest BCUT2D eigenvalue weighted by Crippen LogP contribution is -2.36. The standard InChI is InChI=1S/C25H31N7O4/c33-10-7-28-24(34)17-15-29-25(30-16-17)31-18-1-3-20(4-2-18)36-22-14-19(32-8-11-35-12-9-32)13-21-23(22)27-6-5-26-21/h5-6,13-16,18,20,33H,1-4,7-12H2,(H,28,34)(H,29,30,31)/t18-,20+. The lowest BCUT2D eigenvalue weighted by molar-refractivity contribution is 0.0944. The van der Waals surface area contributed by atoms with Gasteiger partial charge in [-0.25, -0.2) is 15.0 Å². The van der Waals surface area contributed by atoms with Gasteiger partial charge >= 0.3 is 0 Å². The number of amides is 1. The molecule has 11 heteroatoms. The Labute approximate surface area is 209 Å². The number of hydrogen-bond acceptors (Lipinski definition) is 10. The zero-order valence-corrected chi connectivity index (χ0v) is 20.1. The maximum Gasteiger partial charge on any atom is 0.254 e. The summed E-state index contributed by atoms with van der Waals surface area (Å²) in [6.45, 7) is 3.21. The van der Waals surface area contributed by atoms with Crippen LogP contribution in [0.15, 0.2) is 36.9 Å². The first-order valence-corrected chi connectivity index (χ1v) is 12.4. The van der Waals surface area contributed by atoms with Gasteiger partial charge in [0.2, 0.25) is 5.95 Å². The molecule has 0 radical (unpaired) electrons. The molecule has 2 aromatic heterocycles. The molecule has 1 saturated heterocycles. The van der Waals surface area contributed by atoms with Crippen LogP contribution in [0.3, 0.4) is 0 Å². The molecule has 11 nitrogen and oxygen atoms in total. The minimum atomic E-state index is -0.303. The van der Waals surface area contributed by atoms with E-state index in [9.17, 15) is 4.79 Å². The third-order valence-electron chi connectivity index (χ3n) is 6.51. The average molecular weight is 494 g/mol. The number of nitrogens with one attached hydrogen (secondary N) is 2. The molecule has 1 amide bonds. The van der Waals surface area contributed by atoms with E-state index in [1.165, 1.54) is 12.4 Å². The van der Waals surface area contributed by atoms with Gasteiger partial charge < -0.3 is 30.1 Å². The first-order chi connectivity index (χ1) is 17.7. The van der Waals surface area contributed by atoms with Gasteiger partial charge in [-0.1, -0.05) is 0 Å². The zero-order chi connectivity index (χ0) is 24.7. The van der Waals surface area contributed by atoms with E-state index in [0.29, 0.717) is 11.5 Å². The minimum absolute atomic E-state index is 0.0895. The summed E-state index contributed by atoms with van der Waals surface area (Å²) in [4.78, 5) is 31.8. The molecular formula is C25H31N7O4. The summed E-state index contributed by atoms with van der Waals surface area (Å²) in [5.74, 6) is 0.970. The van der Waals surface area contributed by atoms with Crippen molar-refractivity contribution >= 4 is 28.6 Å². The van der Waals surface area contributed by atoms with Crippen molar-refractivity contribution in [2.45, 2.75) is 37.8 Å². The van der Waals surface area contributed by atoms with Crippen molar-refractivity contribution in [3.05, 3.63) is 42.5 Å². The van der Waals surface area contributed by atoms with E-state index < -0.39 is 0 Å². The lowest BCUT2D eigenvalue weighted by Gasteiger charge is -2.31. The largest absolute Gasteiger partial charge is 0.488 e. The summed E-state index contributed by atoms with van der Waals surface area (Å²) in [7, 11) is 0. The Hall–Kier alpha value is -3.57. The molecule has 3 N–H and O–H groups in total. The van der Waals surface area contributed by atoms with E-state index in [2.05, 4.69) is 47.6 Å². The number of morpholine rings is 1. The van der Waals surface area contributed by atoms with E-state index in [1.807, 2.05) is 0 Å². The second-order valence-corrected chi connectivity index (χ2v) is 8.98. The Morgan fingerprint density at radius 1 is 1.06 bits per heavy atom. The van der Waals surface area contributed by atoms with Crippen molar-refractivity contribution in [1.82, 2.24) is 25.3 Å². The zero-order valence-electron chi connectivity index (χ0n) is 20.1. The van der Waals surface area contributed by atoms with E-state index in [1.54, 1.807) is 12.4 Å². The number of fused-ring (bicyclic) bond motifs is 1. The number of anilines is 2. The van der Waals surface area contributed by atoms with Crippen LogP contribution in [0.1, 0.15) is 36.0 Å². The molecule has 1 aromatic carbocycles. The Morgan fingerprint density at radius 2 is 1.81 bits per heavy atom. The van der Waals surface area contributed by atoms with E-state index >= 15 is 0 Å². The number of carbonyl (C=O) groups is 1. The molecule has 0 unspecified atom stereocenters. The number of aliphatic hydroxyl groups excluding tert-OH is 1. The van der Waals surface area contributed by atoms with Crippen LogP contribution in [0.25, 0.3) is 11.0 Å². The van der Waals surface area contributed by atoms with E-state index in [4.69, 9.17) is 14.6 Å². The van der Waals surface area contributed by atoms with Crippen molar-refractivity contribution in [1.29, 1.82) is 0 Å². The van der Waals surface area contributed by atoms with Crippen molar-refractivity contribution < 1.29 is 19.4 Å². The Morgan fingerprint density at radius 3 is 2.56 bits per heavy atom. The van der Waals surface area contributed by atoms with Gasteiger partial charge in [0.05, 0.1) is 37.0 Å². The van der Waals surface area contributed by atoms with Crippen LogP contribution in [0.5, 0.6) is 5.75 Å².